The molecular weight excluding hydrogens is 444 g/mol. The summed E-state index contributed by atoms with van der Waals surface area (Å²) in [6, 6.07) is 16.7. The van der Waals surface area contributed by atoms with E-state index in [1.165, 1.54) is 36.2 Å². The number of hydrogen-bond acceptors (Lipinski definition) is 5. The van der Waals surface area contributed by atoms with Crippen molar-refractivity contribution in [2.45, 2.75) is 65.3 Å². The van der Waals surface area contributed by atoms with Gasteiger partial charge in [0, 0.05) is 11.1 Å². The first-order chi connectivity index (χ1) is 16.5. The lowest BCUT2D eigenvalue weighted by atomic mass is 9.97. The van der Waals surface area contributed by atoms with E-state index in [0.717, 1.165) is 29.8 Å². The molecule has 0 aliphatic heterocycles. The Morgan fingerprint density at radius 1 is 0.941 bits per heavy atom. The quantitative estimate of drug-likeness (QED) is 0.308. The van der Waals surface area contributed by atoms with Crippen molar-refractivity contribution < 1.29 is 9.59 Å². The van der Waals surface area contributed by atoms with E-state index in [1.807, 2.05) is 68.4 Å². The highest BCUT2D eigenvalue weighted by Crippen LogP contribution is 2.26. The number of aryl methyl sites for hydroxylation is 1. The summed E-state index contributed by atoms with van der Waals surface area (Å²) >= 11 is 1.31. The van der Waals surface area contributed by atoms with Gasteiger partial charge in [-0.2, -0.15) is 0 Å². The van der Waals surface area contributed by atoms with E-state index in [2.05, 4.69) is 27.8 Å². The number of aromatic nitrogens is 2. The van der Waals surface area contributed by atoms with E-state index in [-0.39, 0.29) is 17.7 Å². The highest BCUT2D eigenvalue weighted by molar-refractivity contribution is 7.18. The predicted octanol–water partition coefficient (Wildman–Crippen LogP) is 6.11. The fourth-order valence-corrected chi connectivity index (χ4v) is 4.41. The van der Waals surface area contributed by atoms with Crippen LogP contribution in [-0.2, 0) is 11.2 Å². The molecule has 2 aromatic carbocycles. The van der Waals surface area contributed by atoms with Crippen LogP contribution < -0.4 is 10.6 Å². The first-order valence-electron chi connectivity index (χ1n) is 12.1. The number of unbranched alkanes of at least 4 members (excludes halogenated alkanes) is 3. The number of anilines is 1. The van der Waals surface area contributed by atoms with Crippen molar-refractivity contribution >= 4 is 28.3 Å². The van der Waals surface area contributed by atoms with Crippen LogP contribution in [0.1, 0.15) is 68.8 Å². The maximum Gasteiger partial charge on any atom is 0.251 e. The molecule has 2 amide bonds. The fraction of sp³-hybridized carbons (Fsp3) is 0.407. The lowest BCUT2D eigenvalue weighted by Crippen LogP contribution is -2.47. The molecule has 7 heteroatoms. The molecule has 0 saturated carbocycles. The Labute approximate surface area is 206 Å². The van der Waals surface area contributed by atoms with E-state index in [1.54, 1.807) is 0 Å². The summed E-state index contributed by atoms with van der Waals surface area (Å²) in [5.74, 6) is -0.575. The van der Waals surface area contributed by atoms with Gasteiger partial charge in [-0.05, 0) is 36.5 Å². The van der Waals surface area contributed by atoms with Crippen molar-refractivity contribution in [1.82, 2.24) is 15.5 Å². The maximum atomic E-state index is 13.1. The maximum absolute atomic E-state index is 13.1. The van der Waals surface area contributed by atoms with Gasteiger partial charge < -0.3 is 5.32 Å². The summed E-state index contributed by atoms with van der Waals surface area (Å²) in [7, 11) is 0. The molecule has 0 fully saturated rings. The van der Waals surface area contributed by atoms with Gasteiger partial charge >= 0.3 is 0 Å². The predicted molar refractivity (Wildman–Crippen MR) is 139 cm³/mol. The molecule has 180 valence electrons. The second kappa shape index (κ2) is 13.0. The number of carbonyl (C=O) groups is 2. The van der Waals surface area contributed by atoms with Crippen LogP contribution in [0.25, 0.3) is 10.6 Å². The lowest BCUT2D eigenvalue weighted by molar-refractivity contribution is -0.119. The summed E-state index contributed by atoms with van der Waals surface area (Å²) in [5, 5.41) is 15.2. The molecule has 0 radical (unpaired) electrons. The SMILES string of the molecule is CCCCCCc1ccc(C(=O)N[C@@H](C(=O)Nc2nnc(-c3ccccc3)s2)[C@@H](C)CC)cc1. The third kappa shape index (κ3) is 7.22. The van der Waals surface area contributed by atoms with Gasteiger partial charge in [0.2, 0.25) is 11.0 Å². The topological polar surface area (TPSA) is 84.0 Å². The van der Waals surface area contributed by atoms with Gasteiger partial charge in [-0.25, -0.2) is 0 Å². The molecule has 0 bridgehead atoms. The zero-order chi connectivity index (χ0) is 24.3. The van der Waals surface area contributed by atoms with Crippen LogP contribution in [0.15, 0.2) is 54.6 Å². The minimum absolute atomic E-state index is 0.0386. The van der Waals surface area contributed by atoms with Crippen LogP contribution >= 0.6 is 11.3 Å². The third-order valence-corrected chi connectivity index (χ3v) is 6.88. The van der Waals surface area contributed by atoms with Gasteiger partial charge in [0.25, 0.3) is 5.91 Å². The van der Waals surface area contributed by atoms with Crippen LogP contribution in [0, 0.1) is 5.92 Å². The summed E-state index contributed by atoms with van der Waals surface area (Å²) in [4.78, 5) is 26.0. The van der Waals surface area contributed by atoms with Gasteiger partial charge in [-0.15, -0.1) is 10.2 Å². The fourth-order valence-electron chi connectivity index (χ4n) is 3.66. The summed E-state index contributed by atoms with van der Waals surface area (Å²) in [5.41, 5.74) is 2.73. The van der Waals surface area contributed by atoms with Crippen molar-refractivity contribution in [2.75, 3.05) is 5.32 Å². The molecule has 0 aliphatic carbocycles. The Bertz CT molecular complexity index is 1050. The Hall–Kier alpha value is -3.06. The minimum Gasteiger partial charge on any atom is -0.340 e. The molecule has 6 nitrogen and oxygen atoms in total. The summed E-state index contributed by atoms with van der Waals surface area (Å²) in [6.45, 7) is 6.17. The second-order valence-electron chi connectivity index (χ2n) is 8.61. The zero-order valence-corrected chi connectivity index (χ0v) is 21.0. The highest BCUT2D eigenvalue weighted by atomic mass is 32.1. The average Bonchev–Trinajstić information content (AvgIpc) is 3.34. The molecule has 0 spiro atoms. The summed E-state index contributed by atoms with van der Waals surface area (Å²) in [6.07, 6.45) is 6.63. The Balaban J connectivity index is 1.62. The standard InChI is InChI=1S/C27H34N4O2S/c1-4-6-7-9-12-20-15-17-21(18-16-20)24(32)28-23(19(3)5-2)25(33)29-27-31-30-26(34-27)22-13-10-8-11-14-22/h8,10-11,13-19,23H,4-7,9,12H2,1-3H3,(H,28,32)(H,29,31,33)/t19-,23+/m0/s1. The number of nitrogens with one attached hydrogen (secondary N) is 2. The average molecular weight is 479 g/mol. The van der Waals surface area contributed by atoms with Crippen LogP contribution in [0.5, 0.6) is 0 Å². The van der Waals surface area contributed by atoms with Gasteiger partial charge in [-0.3, -0.25) is 14.9 Å². The molecule has 0 aliphatic rings. The number of nitrogens with zero attached hydrogens (tertiary/aromatic N) is 2. The summed E-state index contributed by atoms with van der Waals surface area (Å²) < 4.78 is 0. The zero-order valence-electron chi connectivity index (χ0n) is 20.2. The Morgan fingerprint density at radius 3 is 2.35 bits per heavy atom. The largest absolute Gasteiger partial charge is 0.340 e. The Morgan fingerprint density at radius 2 is 1.68 bits per heavy atom. The number of benzene rings is 2. The van der Waals surface area contributed by atoms with E-state index in [4.69, 9.17) is 0 Å². The van der Waals surface area contributed by atoms with E-state index >= 15 is 0 Å². The highest BCUT2D eigenvalue weighted by Gasteiger charge is 2.27. The van der Waals surface area contributed by atoms with Crippen LogP contribution in [0.2, 0.25) is 0 Å². The molecule has 1 heterocycles. The molecule has 2 N–H and O–H groups in total. The number of rotatable bonds is 12. The second-order valence-corrected chi connectivity index (χ2v) is 9.59. The molecular formula is C27H34N4O2S. The third-order valence-electron chi connectivity index (χ3n) is 5.99. The number of hydrogen-bond donors (Lipinski definition) is 2. The van der Waals surface area contributed by atoms with Crippen molar-refractivity contribution in [2.24, 2.45) is 5.92 Å². The smallest absolute Gasteiger partial charge is 0.251 e. The van der Waals surface area contributed by atoms with Crippen molar-refractivity contribution in [3.05, 3.63) is 65.7 Å². The van der Waals surface area contributed by atoms with E-state index in [9.17, 15) is 9.59 Å². The number of carbonyl (C=O) groups excluding carboxylic acids is 2. The van der Waals surface area contributed by atoms with E-state index < -0.39 is 6.04 Å². The normalized spacial score (nSPS) is 12.7. The van der Waals surface area contributed by atoms with E-state index in [0.29, 0.717) is 10.7 Å². The monoisotopic (exact) mass is 478 g/mol. The molecule has 3 aromatic rings. The molecule has 0 saturated heterocycles. The minimum atomic E-state index is -0.671. The van der Waals surface area contributed by atoms with Crippen LogP contribution in [0.3, 0.4) is 0 Å². The van der Waals surface area contributed by atoms with Gasteiger partial charge in [0.05, 0.1) is 0 Å². The molecule has 3 rings (SSSR count). The first kappa shape index (κ1) is 25.6. The first-order valence-corrected chi connectivity index (χ1v) is 12.9. The number of amides is 2. The molecule has 0 unspecified atom stereocenters. The molecule has 34 heavy (non-hydrogen) atoms. The van der Waals surface area contributed by atoms with Gasteiger partial charge in [-0.1, -0.05) is 100 Å². The van der Waals surface area contributed by atoms with Crippen molar-refractivity contribution in [3.8, 4) is 10.6 Å². The van der Waals surface area contributed by atoms with Crippen molar-refractivity contribution in [3.63, 3.8) is 0 Å². The van der Waals surface area contributed by atoms with Gasteiger partial charge in [0.1, 0.15) is 11.0 Å². The van der Waals surface area contributed by atoms with Crippen LogP contribution in [0.4, 0.5) is 5.13 Å². The lowest BCUT2D eigenvalue weighted by Gasteiger charge is -2.23. The molecule has 2 atom stereocenters. The van der Waals surface area contributed by atoms with Crippen LogP contribution in [-0.4, -0.2) is 28.1 Å². The van der Waals surface area contributed by atoms with Crippen molar-refractivity contribution in [1.29, 1.82) is 0 Å². The van der Waals surface area contributed by atoms with Gasteiger partial charge in [0.15, 0.2) is 0 Å². The Kier molecular flexibility index (Phi) is 9.76. The molecule has 1 aromatic heterocycles.